The summed E-state index contributed by atoms with van der Waals surface area (Å²) in [5.74, 6) is -2.78. The molecule has 0 aromatic heterocycles. The van der Waals surface area contributed by atoms with Crippen LogP contribution in [0.3, 0.4) is 0 Å². The summed E-state index contributed by atoms with van der Waals surface area (Å²) in [7, 11) is 0. The zero-order valence-corrected chi connectivity index (χ0v) is 5.42. The molecular weight excluding hydrogens is 120 g/mol. The fraction of sp³-hybridized carbons (Fsp3) is 0.667. The third-order valence-electron chi connectivity index (χ3n) is 0.695. The van der Waals surface area contributed by atoms with E-state index < -0.39 is 18.1 Å². The van der Waals surface area contributed by atoms with Crippen molar-refractivity contribution in [3.63, 3.8) is 0 Å². The van der Waals surface area contributed by atoms with Crippen molar-refractivity contribution in [3.8, 4) is 0 Å². The van der Waals surface area contributed by atoms with Gasteiger partial charge in [-0.1, -0.05) is 13.8 Å². The fourth-order valence-corrected chi connectivity index (χ4v) is 0.374. The molecule has 0 saturated carbocycles. The first-order chi connectivity index (χ1) is 4.46. The number of ketones is 1. The van der Waals surface area contributed by atoms with Gasteiger partial charge in [-0.15, -0.1) is 0 Å². The maximum absolute atomic E-state index is 10.5. The number of hydrogen-bond donors (Lipinski definition) is 1. The van der Waals surface area contributed by atoms with Crippen molar-refractivity contribution >= 4 is 11.8 Å². The normalized spacial score (nSPS) is 14.8. The van der Waals surface area contributed by atoms with E-state index in [1.54, 1.807) is 13.8 Å². The Bertz CT molecular complexity index is 153. The zero-order chi connectivity index (χ0) is 8.31. The molecule has 0 aromatic rings. The standard InChI is InChI=1S/C6H10O3/c1-4(2)3-5(7)6(8)9/h4H,3H2,1-2H3,(H,8,9)/i3D/t3-/m0/s1. The molecule has 9 heavy (non-hydrogen) atoms. The van der Waals surface area contributed by atoms with Crippen molar-refractivity contribution < 1.29 is 16.1 Å². The van der Waals surface area contributed by atoms with Gasteiger partial charge in [0.2, 0.25) is 5.78 Å². The second kappa shape index (κ2) is 3.22. The molecule has 0 aliphatic rings. The zero-order valence-electron chi connectivity index (χ0n) is 6.42. The second-order valence-electron chi connectivity index (χ2n) is 2.08. The Morgan fingerprint density at radius 1 is 1.67 bits per heavy atom. The van der Waals surface area contributed by atoms with E-state index in [0.717, 1.165) is 0 Å². The Morgan fingerprint density at radius 2 is 2.11 bits per heavy atom. The maximum atomic E-state index is 10.5. The highest BCUT2D eigenvalue weighted by atomic mass is 16.4. The fourth-order valence-electron chi connectivity index (χ4n) is 0.374. The van der Waals surface area contributed by atoms with Gasteiger partial charge in [-0.25, -0.2) is 4.79 Å². The number of hydrogen-bond acceptors (Lipinski definition) is 2. The number of carbonyl (C=O) groups excluding carboxylic acids is 1. The van der Waals surface area contributed by atoms with Crippen molar-refractivity contribution in [2.75, 3.05) is 0 Å². The van der Waals surface area contributed by atoms with Crippen LogP contribution in [-0.2, 0) is 9.59 Å². The molecule has 0 aliphatic heterocycles. The first-order valence-electron chi connectivity index (χ1n) is 3.24. The summed E-state index contributed by atoms with van der Waals surface area (Å²) < 4.78 is 7.03. The molecule has 3 nitrogen and oxygen atoms in total. The van der Waals surface area contributed by atoms with Gasteiger partial charge in [0.1, 0.15) is 0 Å². The number of carboxylic acids is 1. The van der Waals surface area contributed by atoms with Crippen LogP contribution in [-0.4, -0.2) is 16.9 Å². The summed E-state index contributed by atoms with van der Waals surface area (Å²) in [5, 5.41) is 8.13. The lowest BCUT2D eigenvalue weighted by molar-refractivity contribution is -0.149. The lowest BCUT2D eigenvalue weighted by Gasteiger charge is -1.97. The number of rotatable bonds is 3. The number of aliphatic carboxylic acids is 1. The van der Waals surface area contributed by atoms with E-state index >= 15 is 0 Å². The van der Waals surface area contributed by atoms with Crippen molar-refractivity contribution in [3.05, 3.63) is 0 Å². The Morgan fingerprint density at radius 3 is 2.22 bits per heavy atom. The van der Waals surface area contributed by atoms with Crippen LogP contribution in [0.4, 0.5) is 0 Å². The minimum absolute atomic E-state index is 0.233. The van der Waals surface area contributed by atoms with E-state index in [1.807, 2.05) is 0 Å². The Balaban J connectivity index is 4.08. The largest absolute Gasteiger partial charge is 0.476 e. The molecular formula is C6H10O3. The van der Waals surface area contributed by atoms with E-state index in [2.05, 4.69) is 0 Å². The minimum Gasteiger partial charge on any atom is -0.476 e. The average molecular weight is 131 g/mol. The lowest BCUT2D eigenvalue weighted by atomic mass is 10.1. The van der Waals surface area contributed by atoms with Gasteiger partial charge in [0.15, 0.2) is 0 Å². The summed E-state index contributed by atoms with van der Waals surface area (Å²) in [5.41, 5.74) is 0. The van der Waals surface area contributed by atoms with Gasteiger partial charge in [0.25, 0.3) is 0 Å². The molecule has 0 aromatic carbocycles. The predicted octanol–water partition coefficient (Wildman–Crippen LogP) is 0.686. The molecule has 1 N–H and O–H groups in total. The molecule has 0 bridgehead atoms. The number of carbonyl (C=O) groups is 2. The summed E-state index contributed by atoms with van der Waals surface area (Å²) in [6.07, 6.45) is -1.13. The highest BCUT2D eigenvalue weighted by Crippen LogP contribution is 1.99. The van der Waals surface area contributed by atoms with Gasteiger partial charge in [-0.3, -0.25) is 4.79 Å². The third kappa shape index (κ3) is 3.70. The van der Waals surface area contributed by atoms with Crippen LogP contribution in [0.1, 0.15) is 21.6 Å². The molecule has 1 atom stereocenters. The highest BCUT2D eigenvalue weighted by molar-refractivity contribution is 6.32. The number of Topliss-reactive ketones (excluding diaryl/α,β-unsaturated/α-hetero) is 1. The van der Waals surface area contributed by atoms with E-state index in [-0.39, 0.29) is 5.92 Å². The van der Waals surface area contributed by atoms with Crippen LogP contribution in [0, 0.1) is 5.92 Å². The van der Waals surface area contributed by atoms with Crippen molar-refractivity contribution in [2.45, 2.75) is 20.2 Å². The van der Waals surface area contributed by atoms with Crippen LogP contribution in [0.2, 0.25) is 0 Å². The summed E-state index contributed by atoms with van der Waals surface area (Å²) in [6.45, 7) is 3.27. The Labute approximate surface area is 55.1 Å². The molecule has 0 radical (unpaired) electrons. The van der Waals surface area contributed by atoms with Gasteiger partial charge < -0.3 is 5.11 Å². The highest BCUT2D eigenvalue weighted by Gasteiger charge is 2.11. The summed E-state index contributed by atoms with van der Waals surface area (Å²) >= 11 is 0. The number of carboxylic acid groups (broad SMARTS) is 1. The van der Waals surface area contributed by atoms with E-state index in [4.69, 9.17) is 6.48 Å². The summed E-state index contributed by atoms with van der Waals surface area (Å²) in [6, 6.07) is 0. The van der Waals surface area contributed by atoms with Crippen LogP contribution in [0.15, 0.2) is 0 Å². The van der Waals surface area contributed by atoms with Gasteiger partial charge >= 0.3 is 5.97 Å². The molecule has 0 amide bonds. The van der Waals surface area contributed by atoms with Crippen LogP contribution >= 0.6 is 0 Å². The summed E-state index contributed by atoms with van der Waals surface area (Å²) in [4.78, 5) is 20.5. The molecule has 0 saturated heterocycles. The van der Waals surface area contributed by atoms with Gasteiger partial charge in [0, 0.05) is 7.77 Å². The van der Waals surface area contributed by atoms with E-state index in [1.165, 1.54) is 0 Å². The molecule has 0 aliphatic carbocycles. The smallest absolute Gasteiger partial charge is 0.372 e. The predicted molar refractivity (Wildman–Crippen MR) is 32.1 cm³/mol. The third-order valence-corrected chi connectivity index (χ3v) is 0.695. The SMILES string of the molecule is [2H][C@H](C(=O)C(=O)O)C(C)C. The molecule has 0 unspecified atom stereocenters. The van der Waals surface area contributed by atoms with Crippen molar-refractivity contribution in [2.24, 2.45) is 5.92 Å². The molecule has 0 spiro atoms. The second-order valence-corrected chi connectivity index (χ2v) is 2.08. The van der Waals surface area contributed by atoms with E-state index in [0.29, 0.717) is 0 Å². The van der Waals surface area contributed by atoms with Gasteiger partial charge in [-0.2, -0.15) is 0 Å². The first-order valence-corrected chi connectivity index (χ1v) is 2.66. The van der Waals surface area contributed by atoms with Crippen molar-refractivity contribution in [1.29, 1.82) is 0 Å². The Kier molecular flexibility index (Phi) is 2.24. The van der Waals surface area contributed by atoms with Gasteiger partial charge in [0.05, 0.1) is 0 Å². The molecule has 0 heterocycles. The van der Waals surface area contributed by atoms with Crippen molar-refractivity contribution in [1.82, 2.24) is 0 Å². The Hall–Kier alpha value is -0.860. The van der Waals surface area contributed by atoms with E-state index in [9.17, 15) is 9.59 Å². The molecule has 52 valence electrons. The van der Waals surface area contributed by atoms with Crippen LogP contribution in [0.5, 0.6) is 0 Å². The minimum atomic E-state index is -1.52. The maximum Gasteiger partial charge on any atom is 0.372 e. The van der Waals surface area contributed by atoms with Gasteiger partial charge in [-0.05, 0) is 5.92 Å². The first kappa shape index (κ1) is 6.26. The van der Waals surface area contributed by atoms with Crippen LogP contribution in [0.25, 0.3) is 0 Å². The molecule has 0 rings (SSSR count). The average Bonchev–Trinajstić information content (AvgIpc) is 1.84. The lowest BCUT2D eigenvalue weighted by Crippen LogP contribution is -2.14. The van der Waals surface area contributed by atoms with Crippen LogP contribution < -0.4 is 0 Å². The molecule has 0 fully saturated rings. The quantitative estimate of drug-likeness (QED) is 0.573. The monoisotopic (exact) mass is 131 g/mol. The molecule has 3 heteroatoms. The topological polar surface area (TPSA) is 54.4 Å².